The quantitative estimate of drug-likeness (QED) is 0.908. The minimum Gasteiger partial charge on any atom is -0.467 e. The first kappa shape index (κ1) is 11.3. The summed E-state index contributed by atoms with van der Waals surface area (Å²) in [6, 6.07) is 8.20. The van der Waals surface area contributed by atoms with Gasteiger partial charge in [-0.1, -0.05) is 22.0 Å². The molecule has 1 N–H and O–H groups in total. The fraction of sp³-hybridized carbons (Fsp3) is 0.231. The van der Waals surface area contributed by atoms with Crippen molar-refractivity contribution in [3.63, 3.8) is 0 Å². The van der Waals surface area contributed by atoms with Crippen LogP contribution in [0.2, 0.25) is 0 Å². The topological polar surface area (TPSA) is 25.2 Å². The van der Waals surface area contributed by atoms with Crippen molar-refractivity contribution in [1.29, 1.82) is 0 Å². The number of hydrogen-bond donors (Lipinski definition) is 1. The average molecular weight is 280 g/mol. The Morgan fingerprint density at radius 3 is 2.62 bits per heavy atom. The molecule has 2 nitrogen and oxygen atoms in total. The Labute approximate surface area is 104 Å². The van der Waals surface area contributed by atoms with Crippen LogP contribution in [0.3, 0.4) is 0 Å². The van der Waals surface area contributed by atoms with E-state index in [1.807, 2.05) is 13.0 Å². The molecule has 0 unspecified atom stereocenters. The van der Waals surface area contributed by atoms with Crippen molar-refractivity contribution in [3.8, 4) is 0 Å². The summed E-state index contributed by atoms with van der Waals surface area (Å²) in [6.07, 6.45) is 1.72. The number of halogens is 1. The first-order valence-corrected chi connectivity index (χ1v) is 5.99. The zero-order valence-corrected chi connectivity index (χ0v) is 11.0. The molecule has 0 atom stereocenters. The van der Waals surface area contributed by atoms with E-state index in [9.17, 15) is 0 Å². The molecule has 1 aromatic carbocycles. The van der Waals surface area contributed by atoms with Gasteiger partial charge in [0.1, 0.15) is 5.76 Å². The lowest BCUT2D eigenvalue weighted by Crippen LogP contribution is -1.99. The SMILES string of the molecule is Cc1ccc(NCc2occc2C)cc1Br. The second kappa shape index (κ2) is 4.74. The first-order chi connectivity index (χ1) is 7.66. The molecular formula is C13H14BrNO. The summed E-state index contributed by atoms with van der Waals surface area (Å²) in [5.74, 6) is 0.983. The molecule has 1 aromatic heterocycles. The first-order valence-electron chi connectivity index (χ1n) is 5.20. The van der Waals surface area contributed by atoms with Crippen LogP contribution in [0.15, 0.2) is 39.4 Å². The molecular weight excluding hydrogens is 266 g/mol. The van der Waals surface area contributed by atoms with Crippen LogP contribution in [0.1, 0.15) is 16.9 Å². The maximum Gasteiger partial charge on any atom is 0.125 e. The van der Waals surface area contributed by atoms with Crippen LogP contribution in [-0.4, -0.2) is 0 Å². The van der Waals surface area contributed by atoms with E-state index in [1.54, 1.807) is 6.26 Å². The fourth-order valence-electron chi connectivity index (χ4n) is 1.47. The number of nitrogens with one attached hydrogen (secondary N) is 1. The number of furan rings is 1. The van der Waals surface area contributed by atoms with Gasteiger partial charge in [-0.3, -0.25) is 0 Å². The monoisotopic (exact) mass is 279 g/mol. The second-order valence-corrected chi connectivity index (χ2v) is 4.70. The van der Waals surface area contributed by atoms with E-state index in [0.717, 1.165) is 15.9 Å². The molecule has 0 amide bonds. The van der Waals surface area contributed by atoms with Crippen molar-refractivity contribution in [2.75, 3.05) is 5.32 Å². The molecule has 0 bridgehead atoms. The van der Waals surface area contributed by atoms with Crippen LogP contribution >= 0.6 is 15.9 Å². The molecule has 0 fully saturated rings. The predicted molar refractivity (Wildman–Crippen MR) is 69.7 cm³/mol. The Morgan fingerprint density at radius 1 is 1.19 bits per heavy atom. The van der Waals surface area contributed by atoms with E-state index < -0.39 is 0 Å². The van der Waals surface area contributed by atoms with Crippen molar-refractivity contribution in [1.82, 2.24) is 0 Å². The zero-order chi connectivity index (χ0) is 11.5. The van der Waals surface area contributed by atoms with E-state index in [0.29, 0.717) is 6.54 Å². The zero-order valence-electron chi connectivity index (χ0n) is 9.38. The minimum atomic E-state index is 0.717. The molecule has 0 aliphatic heterocycles. The lowest BCUT2D eigenvalue weighted by molar-refractivity contribution is 0.515. The largest absolute Gasteiger partial charge is 0.467 e. The number of anilines is 1. The van der Waals surface area contributed by atoms with Gasteiger partial charge in [0.2, 0.25) is 0 Å². The average Bonchev–Trinajstić information content (AvgIpc) is 2.66. The normalized spacial score (nSPS) is 10.4. The van der Waals surface area contributed by atoms with E-state index in [4.69, 9.17) is 4.42 Å². The van der Waals surface area contributed by atoms with Gasteiger partial charge >= 0.3 is 0 Å². The van der Waals surface area contributed by atoms with Crippen molar-refractivity contribution in [2.24, 2.45) is 0 Å². The summed E-state index contributed by atoms with van der Waals surface area (Å²) in [4.78, 5) is 0. The standard InChI is InChI=1S/C13H14BrNO/c1-9-3-4-11(7-12(9)14)15-8-13-10(2)5-6-16-13/h3-7,15H,8H2,1-2H3. The van der Waals surface area contributed by atoms with Crippen molar-refractivity contribution in [2.45, 2.75) is 20.4 Å². The summed E-state index contributed by atoms with van der Waals surface area (Å²) in [5, 5.41) is 3.33. The summed E-state index contributed by atoms with van der Waals surface area (Å²) < 4.78 is 6.48. The molecule has 3 heteroatoms. The highest BCUT2D eigenvalue weighted by Gasteiger charge is 2.02. The third kappa shape index (κ3) is 2.47. The Kier molecular flexibility index (Phi) is 3.34. The van der Waals surface area contributed by atoms with Crippen LogP contribution in [-0.2, 0) is 6.54 Å². The molecule has 84 valence electrons. The molecule has 2 rings (SSSR count). The second-order valence-electron chi connectivity index (χ2n) is 3.84. The number of hydrogen-bond acceptors (Lipinski definition) is 2. The fourth-order valence-corrected chi connectivity index (χ4v) is 1.85. The van der Waals surface area contributed by atoms with Crippen LogP contribution in [0.5, 0.6) is 0 Å². The highest BCUT2D eigenvalue weighted by atomic mass is 79.9. The van der Waals surface area contributed by atoms with Gasteiger partial charge in [-0.2, -0.15) is 0 Å². The number of rotatable bonds is 3. The number of aryl methyl sites for hydroxylation is 2. The Hall–Kier alpha value is -1.22. The Morgan fingerprint density at radius 2 is 2.00 bits per heavy atom. The molecule has 16 heavy (non-hydrogen) atoms. The Bertz CT molecular complexity index is 490. The molecule has 0 radical (unpaired) electrons. The van der Waals surface area contributed by atoms with Crippen molar-refractivity contribution < 1.29 is 4.42 Å². The summed E-state index contributed by atoms with van der Waals surface area (Å²) >= 11 is 3.52. The molecule has 0 saturated carbocycles. The van der Waals surface area contributed by atoms with Gasteiger partial charge in [-0.15, -0.1) is 0 Å². The van der Waals surface area contributed by atoms with E-state index >= 15 is 0 Å². The third-order valence-electron chi connectivity index (χ3n) is 2.59. The third-order valence-corrected chi connectivity index (χ3v) is 3.45. The van der Waals surface area contributed by atoms with Gasteiger partial charge in [0.15, 0.2) is 0 Å². The van der Waals surface area contributed by atoms with E-state index in [2.05, 4.69) is 46.4 Å². The maximum absolute atomic E-state index is 5.37. The molecule has 1 heterocycles. The summed E-state index contributed by atoms with van der Waals surface area (Å²) in [7, 11) is 0. The summed E-state index contributed by atoms with van der Waals surface area (Å²) in [5.41, 5.74) is 3.51. The van der Waals surface area contributed by atoms with Crippen molar-refractivity contribution >= 4 is 21.6 Å². The van der Waals surface area contributed by atoms with Crippen LogP contribution in [0.25, 0.3) is 0 Å². The van der Waals surface area contributed by atoms with Crippen molar-refractivity contribution in [3.05, 3.63) is 51.9 Å². The van der Waals surface area contributed by atoms with Gasteiger partial charge < -0.3 is 9.73 Å². The van der Waals surface area contributed by atoms with E-state index in [-0.39, 0.29) is 0 Å². The van der Waals surface area contributed by atoms with Crippen LogP contribution in [0.4, 0.5) is 5.69 Å². The van der Waals surface area contributed by atoms with E-state index in [1.165, 1.54) is 11.1 Å². The summed E-state index contributed by atoms with van der Waals surface area (Å²) in [6.45, 7) is 4.84. The predicted octanol–water partition coefficient (Wildman–Crippen LogP) is 4.27. The lowest BCUT2D eigenvalue weighted by atomic mass is 10.2. The van der Waals surface area contributed by atoms with Gasteiger partial charge in [-0.25, -0.2) is 0 Å². The molecule has 0 spiro atoms. The van der Waals surface area contributed by atoms with Gasteiger partial charge in [0.25, 0.3) is 0 Å². The lowest BCUT2D eigenvalue weighted by Gasteiger charge is -2.07. The van der Waals surface area contributed by atoms with Gasteiger partial charge in [0, 0.05) is 10.2 Å². The Balaban J connectivity index is 2.05. The smallest absolute Gasteiger partial charge is 0.125 e. The van der Waals surface area contributed by atoms with Gasteiger partial charge in [0.05, 0.1) is 12.8 Å². The van der Waals surface area contributed by atoms with Crippen LogP contribution < -0.4 is 5.32 Å². The molecule has 0 saturated heterocycles. The maximum atomic E-state index is 5.37. The minimum absolute atomic E-state index is 0.717. The molecule has 0 aliphatic carbocycles. The number of benzene rings is 1. The molecule has 0 aliphatic rings. The van der Waals surface area contributed by atoms with Crippen LogP contribution in [0, 0.1) is 13.8 Å². The highest BCUT2D eigenvalue weighted by molar-refractivity contribution is 9.10. The molecule has 2 aromatic rings. The van der Waals surface area contributed by atoms with Gasteiger partial charge in [-0.05, 0) is 43.2 Å². The highest BCUT2D eigenvalue weighted by Crippen LogP contribution is 2.21.